The minimum Gasteiger partial charge on any atom is -0.316 e. The van der Waals surface area contributed by atoms with Crippen LogP contribution in [0.2, 0.25) is 0 Å². The Hall–Kier alpha value is -1.56. The van der Waals surface area contributed by atoms with E-state index in [2.05, 4.69) is 5.32 Å². The fraction of sp³-hybridized carbons (Fsp3) is 0.364. The molecule has 1 saturated heterocycles. The summed E-state index contributed by atoms with van der Waals surface area (Å²) in [6, 6.07) is 5.82. The molecule has 6 heteroatoms. The zero-order chi connectivity index (χ0) is 12.4. The second-order valence-corrected chi connectivity index (χ2v) is 3.74. The quantitative estimate of drug-likeness (QED) is 0.874. The molecule has 1 heterocycles. The SMILES string of the molecule is O=C1CNC(c2ccccc2F)N1CC(F)F. The van der Waals surface area contributed by atoms with Gasteiger partial charge in [-0.2, -0.15) is 0 Å². The van der Waals surface area contributed by atoms with Gasteiger partial charge in [0, 0.05) is 5.56 Å². The second-order valence-electron chi connectivity index (χ2n) is 3.74. The lowest BCUT2D eigenvalue weighted by Gasteiger charge is -2.24. The van der Waals surface area contributed by atoms with Crippen LogP contribution in [-0.2, 0) is 4.79 Å². The summed E-state index contributed by atoms with van der Waals surface area (Å²) in [5, 5.41) is 2.72. The Kier molecular flexibility index (Phi) is 3.33. The average Bonchev–Trinajstić information content (AvgIpc) is 2.61. The number of carbonyl (C=O) groups is 1. The van der Waals surface area contributed by atoms with E-state index in [9.17, 15) is 18.0 Å². The van der Waals surface area contributed by atoms with Crippen LogP contribution in [0.15, 0.2) is 24.3 Å². The van der Waals surface area contributed by atoms with Crippen LogP contribution in [0.3, 0.4) is 0 Å². The van der Waals surface area contributed by atoms with Crippen LogP contribution in [0.4, 0.5) is 13.2 Å². The third kappa shape index (κ3) is 2.41. The van der Waals surface area contributed by atoms with Gasteiger partial charge in [-0.15, -0.1) is 0 Å². The van der Waals surface area contributed by atoms with E-state index in [0.29, 0.717) is 0 Å². The van der Waals surface area contributed by atoms with E-state index in [0.717, 1.165) is 4.90 Å². The normalized spacial score (nSPS) is 20.4. The first kappa shape index (κ1) is 11.9. The molecule has 1 aliphatic rings. The summed E-state index contributed by atoms with van der Waals surface area (Å²) >= 11 is 0. The molecule has 1 unspecified atom stereocenters. The maximum absolute atomic E-state index is 13.5. The summed E-state index contributed by atoms with van der Waals surface area (Å²) < 4.78 is 38.2. The topological polar surface area (TPSA) is 32.3 Å². The van der Waals surface area contributed by atoms with Crippen LogP contribution in [0, 0.1) is 5.82 Å². The highest BCUT2D eigenvalue weighted by atomic mass is 19.3. The minimum absolute atomic E-state index is 0.0499. The molecule has 92 valence electrons. The maximum atomic E-state index is 13.5. The van der Waals surface area contributed by atoms with Crippen molar-refractivity contribution in [3.63, 3.8) is 0 Å². The largest absolute Gasteiger partial charge is 0.316 e. The van der Waals surface area contributed by atoms with Crippen molar-refractivity contribution >= 4 is 5.91 Å². The van der Waals surface area contributed by atoms with E-state index in [1.54, 1.807) is 6.07 Å². The Bertz CT molecular complexity index is 425. The van der Waals surface area contributed by atoms with Gasteiger partial charge in [0.15, 0.2) is 0 Å². The van der Waals surface area contributed by atoms with Crippen LogP contribution in [0.25, 0.3) is 0 Å². The zero-order valence-corrected chi connectivity index (χ0v) is 8.87. The molecule has 3 nitrogen and oxygen atoms in total. The third-order valence-electron chi connectivity index (χ3n) is 2.61. The van der Waals surface area contributed by atoms with Crippen molar-refractivity contribution in [3.05, 3.63) is 35.6 Å². The fourth-order valence-corrected chi connectivity index (χ4v) is 1.87. The molecule has 1 amide bonds. The first-order valence-electron chi connectivity index (χ1n) is 5.15. The molecule has 1 aromatic rings. The number of halogens is 3. The molecule has 0 bridgehead atoms. The Morgan fingerprint density at radius 3 is 2.76 bits per heavy atom. The van der Waals surface area contributed by atoms with Gasteiger partial charge in [-0.3, -0.25) is 10.1 Å². The van der Waals surface area contributed by atoms with Crippen LogP contribution in [-0.4, -0.2) is 30.3 Å². The van der Waals surface area contributed by atoms with Crippen molar-refractivity contribution < 1.29 is 18.0 Å². The van der Waals surface area contributed by atoms with Crippen LogP contribution in [0.1, 0.15) is 11.7 Å². The van der Waals surface area contributed by atoms with Crippen LogP contribution >= 0.6 is 0 Å². The summed E-state index contributed by atoms with van der Waals surface area (Å²) in [5.41, 5.74) is 0.207. The van der Waals surface area contributed by atoms with Gasteiger partial charge in [0.1, 0.15) is 12.0 Å². The standard InChI is InChI=1S/C11H11F3N2O/c12-8-4-2-1-3-7(8)11-15-5-10(17)16(11)6-9(13)14/h1-4,9,11,15H,5-6H2. The predicted octanol–water partition coefficient (Wildman–Crippen LogP) is 1.52. The maximum Gasteiger partial charge on any atom is 0.255 e. The predicted molar refractivity (Wildman–Crippen MR) is 54.9 cm³/mol. The van der Waals surface area contributed by atoms with Crippen molar-refractivity contribution in [1.82, 2.24) is 10.2 Å². The van der Waals surface area contributed by atoms with Gasteiger partial charge in [-0.1, -0.05) is 18.2 Å². The number of rotatable bonds is 3. The van der Waals surface area contributed by atoms with Gasteiger partial charge in [0.05, 0.1) is 13.1 Å². The highest BCUT2D eigenvalue weighted by molar-refractivity contribution is 5.81. The van der Waals surface area contributed by atoms with Gasteiger partial charge in [0.25, 0.3) is 6.43 Å². The van der Waals surface area contributed by atoms with Crippen molar-refractivity contribution in [3.8, 4) is 0 Å². The van der Waals surface area contributed by atoms with Crippen molar-refractivity contribution in [1.29, 1.82) is 0 Å². The summed E-state index contributed by atoms with van der Waals surface area (Å²) in [6.45, 7) is -0.740. The van der Waals surface area contributed by atoms with Crippen molar-refractivity contribution in [2.75, 3.05) is 13.1 Å². The van der Waals surface area contributed by atoms with Gasteiger partial charge < -0.3 is 4.90 Å². The third-order valence-corrected chi connectivity index (χ3v) is 2.61. The van der Waals surface area contributed by atoms with Gasteiger partial charge in [-0.25, -0.2) is 13.2 Å². The van der Waals surface area contributed by atoms with E-state index in [1.165, 1.54) is 18.2 Å². The van der Waals surface area contributed by atoms with Crippen LogP contribution < -0.4 is 5.32 Å². The average molecular weight is 244 g/mol. The molecule has 0 aliphatic carbocycles. The Morgan fingerprint density at radius 1 is 1.41 bits per heavy atom. The molecule has 17 heavy (non-hydrogen) atoms. The van der Waals surface area contributed by atoms with Gasteiger partial charge >= 0.3 is 0 Å². The molecule has 2 rings (SSSR count). The van der Waals surface area contributed by atoms with E-state index in [4.69, 9.17) is 0 Å². The van der Waals surface area contributed by atoms with Crippen molar-refractivity contribution in [2.45, 2.75) is 12.6 Å². The monoisotopic (exact) mass is 244 g/mol. The molecule has 0 saturated carbocycles. The highest BCUT2D eigenvalue weighted by Gasteiger charge is 2.34. The summed E-state index contributed by atoms with van der Waals surface area (Å²) in [6.07, 6.45) is -3.44. The highest BCUT2D eigenvalue weighted by Crippen LogP contribution is 2.25. The number of carbonyl (C=O) groups excluding carboxylic acids is 1. The lowest BCUT2D eigenvalue weighted by molar-refractivity contribution is -0.130. The molecule has 0 radical (unpaired) electrons. The van der Waals surface area contributed by atoms with Gasteiger partial charge in [-0.05, 0) is 6.07 Å². The number of benzene rings is 1. The molecule has 1 fully saturated rings. The molecule has 1 N–H and O–H groups in total. The first-order chi connectivity index (χ1) is 8.09. The Balaban J connectivity index is 2.25. The lowest BCUT2D eigenvalue weighted by atomic mass is 10.1. The number of hydrogen-bond acceptors (Lipinski definition) is 2. The Labute approximate surface area is 96.2 Å². The van der Waals surface area contributed by atoms with E-state index >= 15 is 0 Å². The van der Waals surface area contributed by atoms with E-state index < -0.39 is 30.9 Å². The first-order valence-corrected chi connectivity index (χ1v) is 5.15. The molecular weight excluding hydrogens is 233 g/mol. The van der Waals surface area contributed by atoms with Crippen molar-refractivity contribution in [2.24, 2.45) is 0 Å². The smallest absolute Gasteiger partial charge is 0.255 e. The number of hydrogen-bond donors (Lipinski definition) is 1. The molecule has 1 aliphatic heterocycles. The number of nitrogens with one attached hydrogen (secondary N) is 1. The van der Waals surface area contributed by atoms with E-state index in [1.807, 2.05) is 0 Å². The summed E-state index contributed by atoms with van der Waals surface area (Å²) in [4.78, 5) is 12.4. The molecular formula is C11H11F3N2O. The molecule has 0 aromatic heterocycles. The lowest BCUT2D eigenvalue weighted by Crippen LogP contribution is -2.34. The minimum atomic E-state index is -2.63. The number of amides is 1. The van der Waals surface area contributed by atoms with Gasteiger partial charge in [0.2, 0.25) is 5.91 Å². The summed E-state index contributed by atoms with van der Waals surface area (Å²) in [5.74, 6) is -0.961. The van der Waals surface area contributed by atoms with E-state index in [-0.39, 0.29) is 12.1 Å². The molecule has 1 aromatic carbocycles. The molecule has 0 spiro atoms. The number of nitrogens with zero attached hydrogens (tertiary/aromatic N) is 1. The second kappa shape index (κ2) is 4.75. The zero-order valence-electron chi connectivity index (χ0n) is 8.87. The molecule has 1 atom stereocenters. The number of alkyl halides is 2. The Morgan fingerprint density at radius 2 is 2.12 bits per heavy atom. The summed E-state index contributed by atoms with van der Waals surface area (Å²) in [7, 11) is 0. The van der Waals surface area contributed by atoms with Crippen LogP contribution in [0.5, 0.6) is 0 Å². The fourth-order valence-electron chi connectivity index (χ4n) is 1.87.